The van der Waals surface area contributed by atoms with Gasteiger partial charge in [0, 0.05) is 11.8 Å². The minimum absolute atomic E-state index is 0.0451. The van der Waals surface area contributed by atoms with Crippen LogP contribution >= 0.6 is 0 Å². The van der Waals surface area contributed by atoms with Gasteiger partial charge < -0.3 is 23.7 Å². The lowest BCUT2D eigenvalue weighted by atomic mass is 9.24. The quantitative estimate of drug-likeness (QED) is 0.229. The van der Waals surface area contributed by atoms with Crippen molar-refractivity contribution in [3.63, 3.8) is 0 Å². The van der Waals surface area contributed by atoms with E-state index in [4.69, 9.17) is 23.7 Å². The number of ether oxygens (including phenoxy) is 5. The third kappa shape index (κ3) is 5.03. The van der Waals surface area contributed by atoms with E-state index in [0.29, 0.717) is 38.3 Å². The van der Waals surface area contributed by atoms with Gasteiger partial charge in [0.1, 0.15) is 12.2 Å². The highest BCUT2D eigenvalue weighted by Crippen LogP contribution is 2.82. The summed E-state index contributed by atoms with van der Waals surface area (Å²) >= 11 is 0. The van der Waals surface area contributed by atoms with E-state index in [-0.39, 0.29) is 30.2 Å². The summed E-state index contributed by atoms with van der Waals surface area (Å²) in [5.41, 5.74) is 3.72. The fourth-order valence-electron chi connectivity index (χ4n) is 9.05. The van der Waals surface area contributed by atoms with Crippen molar-refractivity contribution in [3.8, 4) is 0 Å². The lowest BCUT2D eigenvalue weighted by molar-refractivity contribution is -0.440. The molecule has 3 saturated carbocycles. The Morgan fingerprint density at radius 3 is 1.86 bits per heavy atom. The van der Waals surface area contributed by atoms with Gasteiger partial charge >= 0.3 is 0 Å². The second-order valence-corrected chi connectivity index (χ2v) is 13.1. The van der Waals surface area contributed by atoms with Crippen LogP contribution in [-0.2, 0) is 43.5 Å². The molecule has 3 aromatic rings. The van der Waals surface area contributed by atoms with E-state index in [9.17, 15) is 0 Å². The molecule has 0 radical (unpaired) electrons. The van der Waals surface area contributed by atoms with Gasteiger partial charge in [0.25, 0.3) is 0 Å². The summed E-state index contributed by atoms with van der Waals surface area (Å²) < 4.78 is 33.4. The molecule has 1 aliphatic heterocycles. The molecule has 4 fully saturated rings. The maximum atomic E-state index is 7.05. The van der Waals surface area contributed by atoms with Crippen LogP contribution in [0, 0.1) is 23.2 Å². The van der Waals surface area contributed by atoms with Crippen LogP contribution in [0.2, 0.25) is 0 Å². The Morgan fingerprint density at radius 1 is 0.690 bits per heavy atom. The fraction of sp³-hybridized carbons (Fsp3) is 0.514. The van der Waals surface area contributed by atoms with Crippen LogP contribution in [0.1, 0.15) is 56.2 Å². The molecule has 3 aliphatic carbocycles. The minimum Gasteiger partial charge on any atom is -0.374 e. The first-order chi connectivity index (χ1) is 20.6. The molecule has 42 heavy (non-hydrogen) atoms. The van der Waals surface area contributed by atoms with Crippen LogP contribution in [0.3, 0.4) is 0 Å². The van der Waals surface area contributed by atoms with Crippen molar-refractivity contribution in [2.24, 2.45) is 23.2 Å². The van der Waals surface area contributed by atoms with Crippen molar-refractivity contribution in [1.29, 1.82) is 0 Å². The first-order valence-corrected chi connectivity index (χ1v) is 15.8. The number of benzene rings is 3. The zero-order chi connectivity index (χ0) is 28.6. The van der Waals surface area contributed by atoms with Crippen LogP contribution in [-0.4, -0.2) is 36.8 Å². The molecule has 3 aromatic carbocycles. The molecule has 1 heterocycles. The van der Waals surface area contributed by atoms with Gasteiger partial charge in [-0.05, 0) is 53.7 Å². The first-order valence-electron chi connectivity index (χ1n) is 15.8. The van der Waals surface area contributed by atoms with E-state index >= 15 is 0 Å². The van der Waals surface area contributed by atoms with Crippen LogP contribution in [0.25, 0.3) is 0 Å². The molecule has 6 unspecified atom stereocenters. The Bertz CT molecular complexity index is 1280. The van der Waals surface area contributed by atoms with Crippen molar-refractivity contribution in [2.45, 2.75) is 89.6 Å². The van der Waals surface area contributed by atoms with E-state index in [1.54, 1.807) is 0 Å². The van der Waals surface area contributed by atoms with E-state index in [2.05, 4.69) is 62.4 Å². The smallest absolute Gasteiger partial charge is 0.161 e. The van der Waals surface area contributed by atoms with Gasteiger partial charge in [0.05, 0.1) is 38.1 Å². The number of rotatable bonds is 12. The second-order valence-electron chi connectivity index (χ2n) is 13.1. The van der Waals surface area contributed by atoms with Crippen molar-refractivity contribution < 1.29 is 23.7 Å². The highest BCUT2D eigenvalue weighted by molar-refractivity contribution is 5.31. The Hall–Kier alpha value is -2.54. The summed E-state index contributed by atoms with van der Waals surface area (Å²) in [7, 11) is 0. The molecule has 5 nitrogen and oxygen atoms in total. The van der Waals surface area contributed by atoms with Gasteiger partial charge in [0.15, 0.2) is 6.29 Å². The SMILES string of the molecule is CC1CC2(O[C@@H]3CC(OCc4ccccc4)[C@H](OCc4ccccc4)C(COCc4ccccc4)O3)CC3C[C@@H](C)C132. The molecule has 1 saturated heterocycles. The Kier molecular flexibility index (Phi) is 7.97. The monoisotopic (exact) mass is 568 g/mol. The van der Waals surface area contributed by atoms with Gasteiger partial charge in [-0.15, -0.1) is 0 Å². The topological polar surface area (TPSA) is 46.2 Å². The van der Waals surface area contributed by atoms with Crippen LogP contribution < -0.4 is 0 Å². The predicted molar refractivity (Wildman–Crippen MR) is 161 cm³/mol. The van der Waals surface area contributed by atoms with E-state index < -0.39 is 0 Å². The molecule has 4 aliphatic rings. The highest BCUT2D eigenvalue weighted by atomic mass is 16.7. The van der Waals surface area contributed by atoms with Crippen molar-refractivity contribution >= 4 is 0 Å². The predicted octanol–water partition coefficient (Wildman–Crippen LogP) is 7.33. The number of hydrogen-bond donors (Lipinski definition) is 0. The summed E-state index contributed by atoms with van der Waals surface area (Å²) in [5, 5.41) is 0. The summed E-state index contributed by atoms with van der Waals surface area (Å²) in [4.78, 5) is 0. The van der Waals surface area contributed by atoms with Gasteiger partial charge in [-0.3, -0.25) is 0 Å². The van der Waals surface area contributed by atoms with E-state index in [1.165, 1.54) is 12.8 Å². The molecule has 9 atom stereocenters. The Balaban J connectivity index is 1.10. The minimum atomic E-state index is -0.342. The van der Waals surface area contributed by atoms with Crippen LogP contribution in [0.15, 0.2) is 91.0 Å². The molecule has 0 amide bonds. The first kappa shape index (κ1) is 28.2. The zero-order valence-electron chi connectivity index (χ0n) is 24.9. The van der Waals surface area contributed by atoms with Crippen molar-refractivity contribution in [3.05, 3.63) is 108 Å². The summed E-state index contributed by atoms with van der Waals surface area (Å²) in [5.74, 6) is 2.26. The average Bonchev–Trinajstić information content (AvgIpc) is 3.00. The Morgan fingerprint density at radius 2 is 1.29 bits per heavy atom. The summed E-state index contributed by atoms with van der Waals surface area (Å²) in [6, 6.07) is 31.0. The molecule has 1 spiro atoms. The van der Waals surface area contributed by atoms with Gasteiger partial charge in [-0.2, -0.15) is 0 Å². The lowest BCUT2D eigenvalue weighted by Crippen LogP contribution is -2.84. The Labute approximate surface area is 250 Å². The van der Waals surface area contributed by atoms with Gasteiger partial charge in [0.2, 0.25) is 0 Å². The summed E-state index contributed by atoms with van der Waals surface area (Å²) in [6.07, 6.45) is 3.17. The van der Waals surface area contributed by atoms with Gasteiger partial charge in [-0.1, -0.05) is 105 Å². The molecular formula is C37H44O5. The molecule has 7 rings (SSSR count). The standard InChI is InChI=1S/C37H44O5/c1-26-18-31-21-36(20-27(2)37(26,31)36)42-34-19-32(39-23-29-14-8-4-9-15-29)35(40-24-30-16-10-5-11-17-30)33(41-34)25-38-22-28-12-6-3-7-13-28/h3-17,26-27,31-35H,18-25H2,1-2H3/t26-,27?,31?,32?,33?,34-,35+,36?,37?/m1/s1. The zero-order valence-corrected chi connectivity index (χ0v) is 24.9. The molecular weight excluding hydrogens is 524 g/mol. The molecule has 5 heteroatoms. The largest absolute Gasteiger partial charge is 0.374 e. The average molecular weight is 569 g/mol. The van der Waals surface area contributed by atoms with E-state index in [0.717, 1.165) is 40.9 Å². The second kappa shape index (κ2) is 11.9. The maximum Gasteiger partial charge on any atom is 0.161 e. The van der Waals surface area contributed by atoms with Crippen molar-refractivity contribution in [2.75, 3.05) is 6.61 Å². The molecule has 0 bridgehead atoms. The van der Waals surface area contributed by atoms with Crippen LogP contribution in [0.5, 0.6) is 0 Å². The molecule has 0 aromatic heterocycles. The van der Waals surface area contributed by atoms with E-state index in [1.807, 2.05) is 42.5 Å². The third-order valence-corrected chi connectivity index (χ3v) is 10.8. The van der Waals surface area contributed by atoms with Crippen LogP contribution in [0.4, 0.5) is 0 Å². The highest BCUT2D eigenvalue weighted by Gasteiger charge is 2.82. The number of hydrogen-bond acceptors (Lipinski definition) is 5. The summed E-state index contributed by atoms with van der Waals surface area (Å²) in [6.45, 7) is 6.79. The van der Waals surface area contributed by atoms with Crippen molar-refractivity contribution in [1.82, 2.24) is 0 Å². The molecule has 0 N–H and O–H groups in total. The maximum absolute atomic E-state index is 7.05. The normalized spacial score (nSPS) is 36.6. The third-order valence-electron chi connectivity index (χ3n) is 10.8. The molecule has 222 valence electrons. The van der Waals surface area contributed by atoms with Gasteiger partial charge in [-0.25, -0.2) is 0 Å². The lowest BCUT2D eigenvalue weighted by Gasteiger charge is -2.83. The fourth-order valence-corrected chi connectivity index (χ4v) is 9.05.